The second kappa shape index (κ2) is 8.16. The summed E-state index contributed by atoms with van der Waals surface area (Å²) in [5.74, 6) is -0.342. The predicted octanol–water partition coefficient (Wildman–Crippen LogP) is 4.61. The molecule has 3 N–H and O–H groups in total. The molecule has 0 radical (unpaired) electrons. The molecule has 3 aromatic rings. The monoisotopic (exact) mass is 403 g/mol. The Bertz CT molecular complexity index is 1180. The minimum Gasteiger partial charge on any atom is -0.369 e. The lowest BCUT2D eigenvalue weighted by atomic mass is 10.1. The Hall–Kier alpha value is -3.38. The number of nitrogens with one attached hydrogen (secondary N) is 3. The van der Waals surface area contributed by atoms with Crippen LogP contribution in [0, 0.1) is 0 Å². The van der Waals surface area contributed by atoms with Crippen LogP contribution in [-0.4, -0.2) is 34.4 Å². The zero-order valence-electron chi connectivity index (χ0n) is 17.3. The summed E-state index contributed by atoms with van der Waals surface area (Å²) >= 11 is 0. The molecule has 0 unspecified atom stereocenters. The fraction of sp³-hybridized carbons (Fsp3) is 0.250. The topological polar surface area (TPSA) is 87.0 Å². The third-order valence-corrected chi connectivity index (χ3v) is 5.10. The average molecular weight is 403 g/mol. The number of allylic oxidation sites excluding steroid dienone is 4. The van der Waals surface area contributed by atoms with Crippen LogP contribution >= 0.6 is 0 Å². The van der Waals surface area contributed by atoms with Crippen LogP contribution in [0.5, 0.6) is 0 Å². The molecule has 0 saturated carbocycles. The number of H-pyrrole nitrogens is 2. The quantitative estimate of drug-likeness (QED) is 0.526. The molecule has 0 spiro atoms. The Labute approximate surface area is 175 Å². The van der Waals surface area contributed by atoms with E-state index in [1.807, 2.05) is 51.1 Å². The van der Waals surface area contributed by atoms with Gasteiger partial charge in [-0.1, -0.05) is 24.3 Å². The summed E-state index contributed by atoms with van der Waals surface area (Å²) in [7, 11) is 0. The number of amides is 1. The van der Waals surface area contributed by atoms with Gasteiger partial charge in [-0.3, -0.25) is 9.59 Å². The Morgan fingerprint density at radius 2 is 1.97 bits per heavy atom. The van der Waals surface area contributed by atoms with Crippen molar-refractivity contribution in [3.63, 3.8) is 0 Å². The number of carbonyl (C=O) groups is 2. The van der Waals surface area contributed by atoms with Crippen molar-refractivity contribution in [2.45, 2.75) is 33.3 Å². The molecule has 2 aromatic heterocycles. The predicted molar refractivity (Wildman–Crippen MR) is 119 cm³/mol. The van der Waals surface area contributed by atoms with Crippen molar-refractivity contribution in [1.82, 2.24) is 9.97 Å². The molecule has 154 valence electrons. The number of aromatic amines is 2. The van der Waals surface area contributed by atoms with E-state index in [0.717, 1.165) is 34.2 Å². The minimum atomic E-state index is -0.228. The highest BCUT2D eigenvalue weighted by Crippen LogP contribution is 2.28. The van der Waals surface area contributed by atoms with Crippen molar-refractivity contribution in [2.24, 2.45) is 0 Å². The molecule has 2 heterocycles. The summed E-state index contributed by atoms with van der Waals surface area (Å²) in [5.41, 5.74) is 5.68. The molecule has 0 atom stereocenters. The summed E-state index contributed by atoms with van der Waals surface area (Å²) in [6.07, 6.45) is 6.89. The number of benzene rings is 1. The SMILES string of the molecule is CC1=CC=CCc2[nH]c(C(=O)c3cc4c(NC(=O)COC(C)C)cccc4[nH]3)cc21. The van der Waals surface area contributed by atoms with Crippen molar-refractivity contribution in [1.29, 1.82) is 0 Å². The summed E-state index contributed by atoms with van der Waals surface area (Å²) in [5, 5.41) is 3.65. The molecule has 1 amide bonds. The van der Waals surface area contributed by atoms with Gasteiger partial charge in [0.1, 0.15) is 6.61 Å². The molecule has 1 aliphatic carbocycles. The van der Waals surface area contributed by atoms with E-state index in [1.165, 1.54) is 0 Å². The smallest absolute Gasteiger partial charge is 0.250 e. The molecule has 6 heteroatoms. The largest absolute Gasteiger partial charge is 0.369 e. The molecular weight excluding hydrogens is 378 g/mol. The Balaban J connectivity index is 1.61. The molecule has 4 rings (SSSR count). The summed E-state index contributed by atoms with van der Waals surface area (Å²) in [6.45, 7) is 5.79. The van der Waals surface area contributed by atoms with Crippen molar-refractivity contribution >= 4 is 33.9 Å². The lowest BCUT2D eigenvalue weighted by molar-refractivity contribution is -0.121. The molecule has 1 aromatic carbocycles. The molecular formula is C24H25N3O3. The highest BCUT2D eigenvalue weighted by atomic mass is 16.5. The highest BCUT2D eigenvalue weighted by molar-refractivity contribution is 6.11. The molecule has 0 saturated heterocycles. The van der Waals surface area contributed by atoms with E-state index >= 15 is 0 Å². The van der Waals surface area contributed by atoms with E-state index in [9.17, 15) is 9.59 Å². The molecule has 6 nitrogen and oxygen atoms in total. The number of rotatable bonds is 6. The Kier molecular flexibility index (Phi) is 5.42. The van der Waals surface area contributed by atoms with Crippen LogP contribution in [-0.2, 0) is 16.0 Å². The van der Waals surface area contributed by atoms with Crippen molar-refractivity contribution < 1.29 is 14.3 Å². The molecule has 1 aliphatic rings. The number of ether oxygens (including phenoxy) is 1. The van der Waals surface area contributed by atoms with Gasteiger partial charge in [0.15, 0.2) is 0 Å². The number of hydrogen-bond acceptors (Lipinski definition) is 3. The first-order chi connectivity index (χ1) is 14.4. The van der Waals surface area contributed by atoms with Crippen LogP contribution in [0.15, 0.2) is 48.6 Å². The zero-order chi connectivity index (χ0) is 21.3. The van der Waals surface area contributed by atoms with Gasteiger partial charge in [0.2, 0.25) is 11.7 Å². The third-order valence-electron chi connectivity index (χ3n) is 5.10. The summed E-state index contributed by atoms with van der Waals surface area (Å²) in [4.78, 5) is 31.7. The minimum absolute atomic E-state index is 0.0143. The van der Waals surface area contributed by atoms with Gasteiger partial charge in [-0.2, -0.15) is 0 Å². The first-order valence-electron chi connectivity index (χ1n) is 10.1. The van der Waals surface area contributed by atoms with Crippen LogP contribution < -0.4 is 5.32 Å². The number of ketones is 1. The number of aromatic nitrogens is 2. The van der Waals surface area contributed by atoms with E-state index in [4.69, 9.17) is 4.74 Å². The van der Waals surface area contributed by atoms with Gasteiger partial charge >= 0.3 is 0 Å². The van der Waals surface area contributed by atoms with E-state index in [-0.39, 0.29) is 24.4 Å². The molecule has 0 fully saturated rings. The molecule has 30 heavy (non-hydrogen) atoms. The first-order valence-corrected chi connectivity index (χ1v) is 10.1. The van der Waals surface area contributed by atoms with E-state index in [0.29, 0.717) is 17.1 Å². The number of fused-ring (bicyclic) bond motifs is 2. The summed E-state index contributed by atoms with van der Waals surface area (Å²) < 4.78 is 5.36. The lowest BCUT2D eigenvalue weighted by Crippen LogP contribution is -2.20. The lowest BCUT2D eigenvalue weighted by Gasteiger charge is -2.09. The fourth-order valence-corrected chi connectivity index (χ4v) is 3.58. The van der Waals surface area contributed by atoms with Crippen LogP contribution in [0.4, 0.5) is 5.69 Å². The Morgan fingerprint density at radius 3 is 2.77 bits per heavy atom. The maximum absolute atomic E-state index is 13.1. The zero-order valence-corrected chi connectivity index (χ0v) is 17.3. The summed E-state index contributed by atoms with van der Waals surface area (Å²) in [6, 6.07) is 9.23. The van der Waals surface area contributed by atoms with Gasteiger partial charge in [0.05, 0.1) is 23.2 Å². The van der Waals surface area contributed by atoms with E-state index in [2.05, 4.69) is 27.4 Å². The number of carbonyl (C=O) groups excluding carboxylic acids is 2. The maximum Gasteiger partial charge on any atom is 0.250 e. The van der Waals surface area contributed by atoms with Crippen molar-refractivity contribution in [3.05, 3.63) is 71.2 Å². The standard InChI is InChI=1S/C24H25N3O3/c1-14(2)30-13-23(28)27-20-10-6-9-19-17(20)12-22(26-19)24(29)21-11-16-15(3)7-4-5-8-18(16)25-21/h4-7,9-12,14,25-26H,8,13H2,1-3H3,(H,27,28). The van der Waals surface area contributed by atoms with Gasteiger partial charge in [0.25, 0.3) is 0 Å². The van der Waals surface area contributed by atoms with Crippen molar-refractivity contribution in [3.8, 4) is 0 Å². The van der Waals surface area contributed by atoms with E-state index < -0.39 is 0 Å². The maximum atomic E-state index is 13.1. The van der Waals surface area contributed by atoms with Crippen LogP contribution in [0.25, 0.3) is 16.5 Å². The van der Waals surface area contributed by atoms with Gasteiger partial charge in [-0.15, -0.1) is 0 Å². The van der Waals surface area contributed by atoms with Crippen LogP contribution in [0.2, 0.25) is 0 Å². The highest BCUT2D eigenvalue weighted by Gasteiger charge is 2.19. The number of anilines is 1. The van der Waals surface area contributed by atoms with Crippen LogP contribution in [0.1, 0.15) is 48.2 Å². The van der Waals surface area contributed by atoms with Gasteiger partial charge < -0.3 is 20.0 Å². The molecule has 0 aliphatic heterocycles. The van der Waals surface area contributed by atoms with Crippen molar-refractivity contribution in [2.75, 3.05) is 11.9 Å². The van der Waals surface area contributed by atoms with E-state index in [1.54, 1.807) is 6.07 Å². The normalized spacial score (nSPS) is 13.3. The second-order valence-corrected chi connectivity index (χ2v) is 7.74. The van der Waals surface area contributed by atoms with Gasteiger partial charge in [-0.05, 0) is 56.2 Å². The Morgan fingerprint density at radius 1 is 1.17 bits per heavy atom. The second-order valence-electron chi connectivity index (χ2n) is 7.74. The van der Waals surface area contributed by atoms with Crippen LogP contribution in [0.3, 0.4) is 0 Å². The van der Waals surface area contributed by atoms with Gasteiger partial charge in [-0.25, -0.2) is 0 Å². The first kappa shape index (κ1) is 19.9. The number of hydrogen-bond donors (Lipinski definition) is 3. The third kappa shape index (κ3) is 4.00. The fourth-order valence-electron chi connectivity index (χ4n) is 3.58. The van der Waals surface area contributed by atoms with Gasteiger partial charge in [0, 0.05) is 23.0 Å². The average Bonchev–Trinajstić information content (AvgIpc) is 3.30. The molecule has 0 bridgehead atoms.